The summed E-state index contributed by atoms with van der Waals surface area (Å²) in [7, 11) is 1.53. The zero-order valence-electron chi connectivity index (χ0n) is 18.7. The van der Waals surface area contributed by atoms with Crippen molar-refractivity contribution in [2.75, 3.05) is 7.11 Å². The number of carbonyl (C=O) groups excluding carboxylic acids is 1. The van der Waals surface area contributed by atoms with E-state index in [1.807, 2.05) is 57.2 Å². The first kappa shape index (κ1) is 21.5. The van der Waals surface area contributed by atoms with Gasteiger partial charge in [-0.15, -0.1) is 0 Å². The van der Waals surface area contributed by atoms with Crippen LogP contribution in [0, 0.1) is 6.92 Å². The maximum Gasteiger partial charge on any atom is 0.509 e. The fourth-order valence-electron chi connectivity index (χ4n) is 4.65. The molecule has 8 heteroatoms. The van der Waals surface area contributed by atoms with Crippen LogP contribution in [0.1, 0.15) is 19.4 Å². The second-order valence-electron chi connectivity index (χ2n) is 8.69. The molecule has 2 aliphatic rings. The van der Waals surface area contributed by atoms with E-state index in [9.17, 15) is 9.59 Å². The Labute approximate surface area is 190 Å². The molecule has 0 bridgehead atoms. The molecular formula is C25H24O8. The van der Waals surface area contributed by atoms with Crippen LogP contribution in [0.25, 0.3) is 22.1 Å². The molecule has 0 N–H and O–H groups in total. The second-order valence-corrected chi connectivity index (χ2v) is 8.69. The molecule has 0 aliphatic carbocycles. The van der Waals surface area contributed by atoms with Crippen molar-refractivity contribution in [3.05, 3.63) is 64.5 Å². The molecule has 0 saturated carbocycles. The van der Waals surface area contributed by atoms with Gasteiger partial charge in [0.25, 0.3) is 0 Å². The summed E-state index contributed by atoms with van der Waals surface area (Å²) in [5.41, 5.74) is 1.28. The summed E-state index contributed by atoms with van der Waals surface area (Å²) >= 11 is 0. The van der Waals surface area contributed by atoms with Crippen LogP contribution in [0.2, 0.25) is 0 Å². The van der Waals surface area contributed by atoms with Gasteiger partial charge in [0, 0.05) is 18.6 Å². The van der Waals surface area contributed by atoms with E-state index >= 15 is 0 Å². The third-order valence-electron chi connectivity index (χ3n) is 6.17. The molecule has 2 aliphatic heterocycles. The first-order chi connectivity index (χ1) is 15.8. The molecule has 0 radical (unpaired) electrons. The van der Waals surface area contributed by atoms with Crippen LogP contribution in [0.5, 0.6) is 5.75 Å². The highest BCUT2D eigenvalue weighted by molar-refractivity contribution is 5.87. The Bertz CT molecular complexity index is 1260. The zero-order valence-corrected chi connectivity index (χ0v) is 18.7. The molecular weight excluding hydrogens is 428 g/mol. The van der Waals surface area contributed by atoms with Crippen LogP contribution in [0.4, 0.5) is 4.79 Å². The summed E-state index contributed by atoms with van der Waals surface area (Å²) in [5, 5.41) is 0.790. The Hall–Kier alpha value is -3.36. The lowest BCUT2D eigenvalue weighted by Crippen LogP contribution is -2.62. The fourth-order valence-corrected chi connectivity index (χ4v) is 4.65. The van der Waals surface area contributed by atoms with Gasteiger partial charge in [0.05, 0.1) is 11.2 Å². The van der Waals surface area contributed by atoms with E-state index < -0.39 is 42.0 Å². The molecule has 1 unspecified atom stereocenters. The van der Waals surface area contributed by atoms with Gasteiger partial charge >= 0.3 is 11.8 Å². The highest BCUT2D eigenvalue weighted by Gasteiger charge is 2.58. The molecule has 3 aromatic rings. The summed E-state index contributed by atoms with van der Waals surface area (Å²) in [6, 6.07) is 14.6. The molecule has 5 rings (SSSR count). The highest BCUT2D eigenvalue weighted by atomic mass is 16.8. The van der Waals surface area contributed by atoms with Crippen LogP contribution in [-0.2, 0) is 18.9 Å². The van der Waals surface area contributed by atoms with Crippen molar-refractivity contribution in [3.63, 3.8) is 0 Å². The lowest BCUT2D eigenvalue weighted by Gasteiger charge is -2.45. The first-order valence-corrected chi connectivity index (χ1v) is 10.7. The van der Waals surface area contributed by atoms with Gasteiger partial charge in [-0.2, -0.15) is 0 Å². The van der Waals surface area contributed by atoms with Crippen molar-refractivity contribution in [2.24, 2.45) is 0 Å². The number of fused-ring (bicyclic) bond motifs is 2. The molecule has 172 valence electrons. The molecule has 2 fully saturated rings. The smallest absolute Gasteiger partial charge is 0.461 e. The average Bonchev–Trinajstić information content (AvgIpc) is 3.15. The summed E-state index contributed by atoms with van der Waals surface area (Å²) in [6.45, 7) is 5.54. The highest BCUT2D eigenvalue weighted by Crippen LogP contribution is 2.39. The molecule has 2 saturated heterocycles. The third-order valence-corrected chi connectivity index (χ3v) is 6.17. The van der Waals surface area contributed by atoms with Gasteiger partial charge in [-0.1, -0.05) is 30.3 Å². The second kappa shape index (κ2) is 7.90. The first-order valence-electron chi connectivity index (χ1n) is 10.7. The van der Waals surface area contributed by atoms with Crippen molar-refractivity contribution in [3.8, 4) is 16.9 Å². The van der Waals surface area contributed by atoms with Crippen LogP contribution < -0.4 is 10.4 Å². The van der Waals surface area contributed by atoms with E-state index in [1.54, 1.807) is 12.1 Å². The number of ether oxygens (including phenoxy) is 5. The fraction of sp³-hybridized carbons (Fsp3) is 0.360. The Morgan fingerprint density at radius 1 is 0.970 bits per heavy atom. The number of hydrogen-bond donors (Lipinski definition) is 0. The largest absolute Gasteiger partial charge is 0.509 e. The van der Waals surface area contributed by atoms with E-state index in [0.717, 1.165) is 16.5 Å². The summed E-state index contributed by atoms with van der Waals surface area (Å²) in [5.74, 6) is 0.399. The molecule has 2 aromatic carbocycles. The van der Waals surface area contributed by atoms with Crippen molar-refractivity contribution >= 4 is 17.1 Å². The predicted molar refractivity (Wildman–Crippen MR) is 118 cm³/mol. The normalized spacial score (nSPS) is 25.9. The number of methoxy groups -OCH3 is 1. The number of rotatable bonds is 4. The van der Waals surface area contributed by atoms with Gasteiger partial charge in [0.2, 0.25) is 12.4 Å². The van der Waals surface area contributed by atoms with Gasteiger partial charge < -0.3 is 28.1 Å². The van der Waals surface area contributed by atoms with E-state index in [4.69, 9.17) is 28.1 Å². The number of carbonyl (C=O) groups is 1. The maximum absolute atomic E-state index is 12.8. The minimum atomic E-state index is -0.934. The molecule has 0 spiro atoms. The summed E-state index contributed by atoms with van der Waals surface area (Å²) in [6.07, 6.45) is -3.74. The van der Waals surface area contributed by atoms with E-state index in [1.165, 1.54) is 7.11 Å². The molecule has 0 amide bonds. The Balaban J connectivity index is 1.49. The van der Waals surface area contributed by atoms with E-state index in [0.29, 0.717) is 16.9 Å². The molecule has 33 heavy (non-hydrogen) atoms. The number of aryl methyl sites for hydroxylation is 1. The summed E-state index contributed by atoms with van der Waals surface area (Å²) < 4.78 is 33.9. The third kappa shape index (κ3) is 3.65. The van der Waals surface area contributed by atoms with Crippen molar-refractivity contribution in [2.45, 2.75) is 51.0 Å². The Morgan fingerprint density at radius 3 is 2.42 bits per heavy atom. The van der Waals surface area contributed by atoms with Gasteiger partial charge in [-0.25, -0.2) is 9.59 Å². The SMILES string of the molecule is CO[C@@H]1[C@@H]2OC(=O)OC2[C@H](Oc2ccc3c(C)c(-c4ccccc4)c(=O)oc3c2)OC1(C)C. The van der Waals surface area contributed by atoms with Gasteiger partial charge in [0.15, 0.2) is 6.10 Å². The van der Waals surface area contributed by atoms with E-state index in [2.05, 4.69) is 0 Å². The monoisotopic (exact) mass is 452 g/mol. The van der Waals surface area contributed by atoms with Gasteiger partial charge in [0.1, 0.15) is 17.4 Å². The van der Waals surface area contributed by atoms with Crippen molar-refractivity contribution in [1.29, 1.82) is 0 Å². The van der Waals surface area contributed by atoms with Crippen LogP contribution >= 0.6 is 0 Å². The quantitative estimate of drug-likeness (QED) is 0.430. The Morgan fingerprint density at radius 2 is 1.70 bits per heavy atom. The minimum Gasteiger partial charge on any atom is -0.461 e. The topological polar surface area (TPSA) is 93.4 Å². The average molecular weight is 452 g/mol. The van der Waals surface area contributed by atoms with Crippen LogP contribution in [0.3, 0.4) is 0 Å². The van der Waals surface area contributed by atoms with Crippen molar-refractivity contribution < 1.29 is 32.9 Å². The number of benzene rings is 2. The lowest BCUT2D eigenvalue weighted by molar-refractivity contribution is -0.282. The van der Waals surface area contributed by atoms with Gasteiger partial charge in [-0.05, 0) is 44.0 Å². The minimum absolute atomic E-state index is 0.385. The van der Waals surface area contributed by atoms with Gasteiger partial charge in [-0.3, -0.25) is 0 Å². The standard InChI is InChI=1S/C25H24O8/c1-13-16-11-10-15(12-17(16)30-22(26)18(13)14-8-6-5-7-9-14)29-23-20-19(31-24(27)32-20)21(28-4)25(2,3)33-23/h5-12,19-21,23H,1-4H3/t19-,20?,21-,23-/m1/s1. The number of hydrogen-bond acceptors (Lipinski definition) is 8. The zero-order chi connectivity index (χ0) is 23.3. The van der Waals surface area contributed by atoms with Crippen LogP contribution in [0.15, 0.2) is 57.7 Å². The lowest BCUT2D eigenvalue weighted by atomic mass is 9.89. The van der Waals surface area contributed by atoms with Crippen LogP contribution in [-0.4, -0.2) is 43.5 Å². The summed E-state index contributed by atoms with van der Waals surface area (Å²) in [4.78, 5) is 24.6. The Kier molecular flexibility index (Phi) is 5.14. The molecule has 1 aromatic heterocycles. The molecule has 4 atom stereocenters. The maximum atomic E-state index is 12.8. The predicted octanol–water partition coefficient (Wildman–Crippen LogP) is 4.20. The van der Waals surface area contributed by atoms with Crippen molar-refractivity contribution in [1.82, 2.24) is 0 Å². The molecule has 8 nitrogen and oxygen atoms in total. The molecule has 3 heterocycles. The van der Waals surface area contributed by atoms with E-state index in [-0.39, 0.29) is 0 Å².